The van der Waals surface area contributed by atoms with Crippen LogP contribution >= 0.6 is 11.3 Å². The van der Waals surface area contributed by atoms with Gasteiger partial charge in [-0.3, -0.25) is 4.79 Å². The highest BCUT2D eigenvalue weighted by molar-refractivity contribution is 7.93. The monoisotopic (exact) mass is 364 g/mol. The Hall–Kier alpha value is -1.70. The molecule has 5 nitrogen and oxygen atoms in total. The Morgan fingerprint density at radius 1 is 1.25 bits per heavy atom. The van der Waals surface area contributed by atoms with Gasteiger partial charge in [-0.15, -0.1) is 11.3 Å². The molecule has 128 valence electrons. The highest BCUT2D eigenvalue weighted by Gasteiger charge is 2.41. The van der Waals surface area contributed by atoms with E-state index in [1.165, 1.54) is 6.07 Å². The number of amides is 1. The van der Waals surface area contributed by atoms with Gasteiger partial charge in [0.1, 0.15) is 4.21 Å². The van der Waals surface area contributed by atoms with Gasteiger partial charge < -0.3 is 11.1 Å². The Kier molecular flexibility index (Phi) is 4.50. The zero-order valence-electron chi connectivity index (χ0n) is 13.4. The van der Waals surface area contributed by atoms with Crippen LogP contribution in [0.4, 0.5) is 0 Å². The van der Waals surface area contributed by atoms with Crippen LogP contribution in [0.3, 0.4) is 0 Å². The van der Waals surface area contributed by atoms with E-state index in [1.807, 2.05) is 6.92 Å². The molecule has 0 spiro atoms. The number of carbonyl (C=O) groups is 1. The molecule has 1 aromatic carbocycles. The second-order valence-electron chi connectivity index (χ2n) is 6.29. The van der Waals surface area contributed by atoms with Crippen molar-refractivity contribution in [1.82, 2.24) is 5.32 Å². The predicted octanol–water partition coefficient (Wildman–Crippen LogP) is 2.44. The van der Waals surface area contributed by atoms with Crippen molar-refractivity contribution in [1.29, 1.82) is 0 Å². The molecule has 3 N–H and O–H groups in total. The van der Waals surface area contributed by atoms with Gasteiger partial charge in [-0.05, 0) is 49.9 Å². The van der Waals surface area contributed by atoms with E-state index in [2.05, 4.69) is 5.32 Å². The third-order valence-corrected chi connectivity index (χ3v) is 7.77. The average molecular weight is 364 g/mol. The van der Waals surface area contributed by atoms with Crippen LogP contribution in [0.15, 0.2) is 51.6 Å². The largest absolute Gasteiger partial charge is 0.345 e. The molecule has 1 amide bonds. The van der Waals surface area contributed by atoms with Crippen LogP contribution in [0.2, 0.25) is 0 Å². The molecule has 1 unspecified atom stereocenters. The lowest BCUT2D eigenvalue weighted by Gasteiger charge is -2.29. The number of carbonyl (C=O) groups excluding carboxylic acids is 1. The summed E-state index contributed by atoms with van der Waals surface area (Å²) in [5.41, 5.74) is 5.39. The van der Waals surface area contributed by atoms with Gasteiger partial charge in [0.25, 0.3) is 5.91 Å². The van der Waals surface area contributed by atoms with Crippen molar-refractivity contribution in [2.75, 3.05) is 6.54 Å². The van der Waals surface area contributed by atoms with Gasteiger partial charge in [-0.2, -0.15) is 0 Å². The Labute approximate surface area is 145 Å². The van der Waals surface area contributed by atoms with E-state index in [4.69, 9.17) is 5.73 Å². The van der Waals surface area contributed by atoms with Gasteiger partial charge in [0.05, 0.1) is 15.3 Å². The number of nitrogens with two attached hydrogens (primary N) is 1. The molecule has 0 aliphatic heterocycles. The molecule has 1 aromatic heterocycles. The Balaban J connectivity index is 1.82. The minimum Gasteiger partial charge on any atom is -0.345 e. The van der Waals surface area contributed by atoms with Gasteiger partial charge in [0, 0.05) is 6.54 Å². The molecule has 0 saturated heterocycles. The van der Waals surface area contributed by atoms with Gasteiger partial charge in [0.15, 0.2) is 0 Å². The number of sulfone groups is 1. The van der Waals surface area contributed by atoms with Crippen LogP contribution < -0.4 is 11.1 Å². The summed E-state index contributed by atoms with van der Waals surface area (Å²) < 4.78 is 25.3. The molecule has 7 heteroatoms. The highest BCUT2D eigenvalue weighted by Crippen LogP contribution is 2.39. The fraction of sp³-hybridized carbons (Fsp3) is 0.353. The quantitative estimate of drug-likeness (QED) is 0.824. The number of thiophene rings is 1. The molecule has 2 aromatic rings. The van der Waals surface area contributed by atoms with E-state index in [-0.39, 0.29) is 15.0 Å². The standard InChI is InChI=1S/C17H20N2O3S2/c1-17(11-18,12-7-8-12)19-16(20)14-9-10-15(23-14)24(21,22)13-5-3-2-4-6-13/h2-6,9-10,12H,7-8,11,18H2,1H3,(H,19,20). The molecule has 1 heterocycles. The average Bonchev–Trinajstić information content (AvgIpc) is 3.32. The third kappa shape index (κ3) is 3.24. The van der Waals surface area contributed by atoms with E-state index in [0.29, 0.717) is 17.3 Å². The normalized spacial score (nSPS) is 17.2. The second-order valence-corrected chi connectivity index (χ2v) is 9.55. The Morgan fingerprint density at radius 3 is 2.50 bits per heavy atom. The van der Waals surface area contributed by atoms with Crippen molar-refractivity contribution < 1.29 is 13.2 Å². The maximum Gasteiger partial charge on any atom is 0.261 e. The lowest BCUT2D eigenvalue weighted by Crippen LogP contribution is -2.53. The maximum absolute atomic E-state index is 12.6. The van der Waals surface area contributed by atoms with Crippen LogP contribution in [0.1, 0.15) is 29.4 Å². The summed E-state index contributed by atoms with van der Waals surface area (Å²) in [5, 5.41) is 2.98. The minimum atomic E-state index is -3.59. The molecule has 1 saturated carbocycles. The lowest BCUT2D eigenvalue weighted by molar-refractivity contribution is 0.0902. The molecular formula is C17H20N2O3S2. The van der Waals surface area contributed by atoms with E-state index in [0.717, 1.165) is 24.2 Å². The van der Waals surface area contributed by atoms with Crippen molar-refractivity contribution in [2.45, 2.75) is 34.4 Å². The molecule has 3 rings (SSSR count). The number of hydrogen-bond acceptors (Lipinski definition) is 5. The van der Waals surface area contributed by atoms with Crippen molar-refractivity contribution in [2.24, 2.45) is 11.7 Å². The third-order valence-electron chi connectivity index (χ3n) is 4.43. The van der Waals surface area contributed by atoms with Crippen LogP contribution in [0.5, 0.6) is 0 Å². The summed E-state index contributed by atoms with van der Waals surface area (Å²) in [5.74, 6) is 0.133. The van der Waals surface area contributed by atoms with Crippen molar-refractivity contribution >= 4 is 27.1 Å². The zero-order valence-corrected chi connectivity index (χ0v) is 15.0. The maximum atomic E-state index is 12.6. The first-order valence-corrected chi connectivity index (χ1v) is 10.1. The number of rotatable bonds is 6. The molecule has 24 heavy (non-hydrogen) atoms. The topological polar surface area (TPSA) is 89.3 Å². The molecule has 1 fully saturated rings. The lowest BCUT2D eigenvalue weighted by atomic mass is 9.96. The van der Waals surface area contributed by atoms with E-state index < -0.39 is 15.4 Å². The van der Waals surface area contributed by atoms with Gasteiger partial charge >= 0.3 is 0 Å². The fourth-order valence-corrected chi connectivity index (χ4v) is 5.29. The van der Waals surface area contributed by atoms with Crippen molar-refractivity contribution in [3.8, 4) is 0 Å². The van der Waals surface area contributed by atoms with Gasteiger partial charge in [-0.1, -0.05) is 18.2 Å². The van der Waals surface area contributed by atoms with E-state index in [9.17, 15) is 13.2 Å². The van der Waals surface area contributed by atoms with Crippen molar-refractivity contribution in [3.63, 3.8) is 0 Å². The number of benzene rings is 1. The molecule has 1 atom stereocenters. The Bertz CT molecular complexity index is 842. The molecule has 1 aliphatic carbocycles. The molecule has 0 bridgehead atoms. The summed E-state index contributed by atoms with van der Waals surface area (Å²) in [6.07, 6.45) is 2.12. The minimum absolute atomic E-state index is 0.166. The van der Waals surface area contributed by atoms with Crippen LogP contribution in [0.25, 0.3) is 0 Å². The molecule has 1 aliphatic rings. The number of nitrogens with one attached hydrogen (secondary N) is 1. The second kappa shape index (κ2) is 6.31. The van der Waals surface area contributed by atoms with Gasteiger partial charge in [-0.25, -0.2) is 8.42 Å². The zero-order chi connectivity index (χ0) is 17.4. The fourth-order valence-electron chi connectivity index (χ4n) is 2.66. The summed E-state index contributed by atoms with van der Waals surface area (Å²) in [6, 6.07) is 11.3. The Morgan fingerprint density at radius 2 is 1.92 bits per heavy atom. The highest BCUT2D eigenvalue weighted by atomic mass is 32.2. The first-order chi connectivity index (χ1) is 11.4. The summed E-state index contributed by atoms with van der Waals surface area (Å²) in [4.78, 5) is 13.1. The molecular weight excluding hydrogens is 344 g/mol. The van der Waals surface area contributed by atoms with Crippen LogP contribution in [0, 0.1) is 5.92 Å². The summed E-state index contributed by atoms with van der Waals surface area (Å²) in [7, 11) is -3.59. The smallest absolute Gasteiger partial charge is 0.261 e. The number of hydrogen-bond donors (Lipinski definition) is 2. The summed E-state index contributed by atoms with van der Waals surface area (Å²) in [6.45, 7) is 2.31. The first kappa shape index (κ1) is 17.1. The first-order valence-electron chi connectivity index (χ1n) is 7.79. The van der Waals surface area contributed by atoms with Gasteiger partial charge in [0.2, 0.25) is 9.84 Å². The van der Waals surface area contributed by atoms with Crippen LogP contribution in [-0.4, -0.2) is 26.4 Å². The van der Waals surface area contributed by atoms with Crippen LogP contribution in [-0.2, 0) is 9.84 Å². The SMILES string of the molecule is CC(CN)(NC(=O)c1ccc(S(=O)(=O)c2ccccc2)s1)C1CC1. The summed E-state index contributed by atoms with van der Waals surface area (Å²) >= 11 is 0.985. The van der Waals surface area contributed by atoms with E-state index in [1.54, 1.807) is 36.4 Å². The molecule has 0 radical (unpaired) electrons. The predicted molar refractivity (Wildman–Crippen MR) is 93.9 cm³/mol. The van der Waals surface area contributed by atoms with Crippen molar-refractivity contribution in [3.05, 3.63) is 47.3 Å². The van der Waals surface area contributed by atoms with E-state index >= 15 is 0 Å².